The summed E-state index contributed by atoms with van der Waals surface area (Å²) in [5.74, 6) is 0. The summed E-state index contributed by atoms with van der Waals surface area (Å²) in [6, 6.07) is 49.3. The molecular weight excluding hydrogens is 665 g/mol. The molecule has 0 saturated carbocycles. The van der Waals surface area contributed by atoms with Crippen LogP contribution in [0.5, 0.6) is 0 Å². The molecule has 1 aliphatic heterocycles. The topological polar surface area (TPSA) is 107 Å². The van der Waals surface area contributed by atoms with Gasteiger partial charge in [0.15, 0.2) is 0 Å². The van der Waals surface area contributed by atoms with Gasteiger partial charge in [0.1, 0.15) is 4.90 Å². The molecule has 252 valence electrons. The first-order valence-corrected chi connectivity index (χ1v) is 18.4. The molecule has 0 saturated heterocycles. The maximum Gasteiger partial charge on any atom is 0.297 e. The lowest BCUT2D eigenvalue weighted by Gasteiger charge is -2.15. The normalized spacial score (nSPS) is 12.5. The van der Waals surface area contributed by atoms with Crippen molar-refractivity contribution in [3.8, 4) is 27.9 Å². The number of nitrogens with zero attached hydrogens (tertiary/aromatic N) is 1. The first-order valence-electron chi connectivity index (χ1n) is 16.9. The number of nitrogens with one attached hydrogen (secondary N) is 3. The summed E-state index contributed by atoms with van der Waals surface area (Å²) in [5, 5.41) is 2.72. The number of hydrogen-bond acceptors (Lipinski definition) is 2. The Morgan fingerprint density at radius 1 is 0.519 bits per heavy atom. The maximum atomic E-state index is 13.9. The first-order chi connectivity index (χ1) is 25.4. The van der Waals surface area contributed by atoms with Crippen LogP contribution in [0.2, 0.25) is 0 Å². The summed E-state index contributed by atoms with van der Waals surface area (Å²) in [7, 11) is -4.83. The molecule has 7 nitrogen and oxygen atoms in total. The molecule has 1 aliphatic rings. The molecular formula is C44H32N4O3S. The van der Waals surface area contributed by atoms with Crippen molar-refractivity contribution in [2.75, 3.05) is 0 Å². The number of hydrogen-bond donors (Lipinski definition) is 4. The summed E-state index contributed by atoms with van der Waals surface area (Å²) in [6.45, 7) is 0. The molecule has 0 fully saturated rings. The number of aromatic nitrogens is 4. The van der Waals surface area contributed by atoms with Crippen molar-refractivity contribution < 1.29 is 13.0 Å². The van der Waals surface area contributed by atoms with Crippen molar-refractivity contribution >= 4 is 33.9 Å². The van der Waals surface area contributed by atoms with E-state index in [2.05, 4.69) is 39.2 Å². The van der Waals surface area contributed by atoms with Crippen LogP contribution in [0.3, 0.4) is 0 Å². The standard InChI is InChI=1S/C44H32N4O3S/c49-52(50,51)44-39-28-35-24-23-33(46-35)25-32-21-22-34(45-32)26-36-27-38(29-13-5-1-6-14-29)42(47-36)40(30-15-7-2-8-16-30)43(41(44)31-17-9-3-10-18-31)48(39)37-19-11-4-12-20-37/h1-28,45-47H,(H,49,50,51). The van der Waals surface area contributed by atoms with Gasteiger partial charge < -0.3 is 19.5 Å². The van der Waals surface area contributed by atoms with Crippen LogP contribution in [0.25, 0.3) is 51.7 Å². The number of rotatable bonds is 5. The lowest BCUT2D eigenvalue weighted by Crippen LogP contribution is -2.29. The van der Waals surface area contributed by atoms with Crippen molar-refractivity contribution in [2.24, 2.45) is 0 Å². The van der Waals surface area contributed by atoms with Crippen molar-refractivity contribution in [1.82, 2.24) is 19.5 Å². The Balaban J connectivity index is 1.62. The van der Waals surface area contributed by atoms with E-state index in [1.165, 1.54) is 0 Å². The summed E-state index contributed by atoms with van der Waals surface area (Å²) >= 11 is 0. The zero-order valence-electron chi connectivity index (χ0n) is 27.8. The highest BCUT2D eigenvalue weighted by Crippen LogP contribution is 2.34. The number of benzene rings is 4. The van der Waals surface area contributed by atoms with E-state index in [-0.39, 0.29) is 4.90 Å². The molecule has 8 bridgehead atoms. The van der Waals surface area contributed by atoms with Gasteiger partial charge in [-0.2, -0.15) is 8.42 Å². The predicted molar refractivity (Wildman–Crippen MR) is 206 cm³/mol. The second-order valence-electron chi connectivity index (χ2n) is 12.7. The molecule has 4 aromatic carbocycles. The number of para-hydroxylation sites is 1. The summed E-state index contributed by atoms with van der Waals surface area (Å²) in [6.07, 6.45) is 5.86. The summed E-state index contributed by atoms with van der Waals surface area (Å²) < 4.78 is 41.1. The van der Waals surface area contributed by atoms with Crippen LogP contribution in [0.1, 0.15) is 28.3 Å². The highest BCUT2D eigenvalue weighted by atomic mass is 32.2. The highest BCUT2D eigenvalue weighted by molar-refractivity contribution is 7.86. The monoisotopic (exact) mass is 696 g/mol. The number of H-pyrrole nitrogens is 3. The van der Waals surface area contributed by atoms with E-state index in [1.54, 1.807) is 6.08 Å². The van der Waals surface area contributed by atoms with Gasteiger partial charge in [-0.1, -0.05) is 109 Å². The van der Waals surface area contributed by atoms with Crippen LogP contribution >= 0.6 is 0 Å². The lowest BCUT2D eigenvalue weighted by molar-refractivity contribution is 0.482. The van der Waals surface area contributed by atoms with Gasteiger partial charge in [-0.05, 0) is 77.4 Å². The minimum absolute atomic E-state index is 0.191. The van der Waals surface area contributed by atoms with Gasteiger partial charge in [0.25, 0.3) is 10.1 Å². The van der Waals surface area contributed by atoms with Gasteiger partial charge in [-0.15, -0.1) is 0 Å². The smallest absolute Gasteiger partial charge is 0.297 e. The minimum Gasteiger partial charge on any atom is -0.355 e. The molecule has 5 heterocycles. The number of aromatic amines is 3. The Labute approximate surface area is 299 Å². The molecule has 0 atom stereocenters. The fourth-order valence-corrected chi connectivity index (χ4v) is 8.08. The van der Waals surface area contributed by atoms with Gasteiger partial charge >= 0.3 is 0 Å². The third kappa shape index (κ3) is 5.66. The van der Waals surface area contributed by atoms with Crippen molar-refractivity contribution in [2.45, 2.75) is 4.90 Å². The molecule has 52 heavy (non-hydrogen) atoms. The first kappa shape index (κ1) is 31.4. The zero-order valence-corrected chi connectivity index (χ0v) is 28.6. The van der Waals surface area contributed by atoms with Crippen LogP contribution in [-0.2, 0) is 10.1 Å². The van der Waals surface area contributed by atoms with Crippen molar-refractivity contribution in [3.63, 3.8) is 0 Å². The fraction of sp³-hybridized carbons (Fsp3) is 0. The van der Waals surface area contributed by atoms with E-state index in [1.807, 2.05) is 144 Å². The fourth-order valence-electron chi connectivity index (χ4n) is 7.19. The van der Waals surface area contributed by atoms with Gasteiger partial charge in [0.05, 0.1) is 16.4 Å². The third-order valence-electron chi connectivity index (χ3n) is 9.34. The highest BCUT2D eigenvalue weighted by Gasteiger charge is 2.29. The number of fused-ring (bicyclic) bond motifs is 8. The summed E-state index contributed by atoms with van der Waals surface area (Å²) in [5.41, 5.74) is 8.40. The molecule has 4 N–H and O–H groups in total. The van der Waals surface area contributed by atoms with Gasteiger partial charge in [0, 0.05) is 50.2 Å². The van der Waals surface area contributed by atoms with E-state index in [0.29, 0.717) is 27.5 Å². The van der Waals surface area contributed by atoms with Crippen molar-refractivity contribution in [3.05, 3.63) is 201 Å². The average Bonchev–Trinajstić information content (AvgIpc) is 3.97. The quantitative estimate of drug-likeness (QED) is 0.164. The van der Waals surface area contributed by atoms with Gasteiger partial charge in [-0.3, -0.25) is 4.55 Å². The van der Waals surface area contributed by atoms with Crippen LogP contribution < -0.4 is 21.4 Å². The molecule has 0 radical (unpaired) electrons. The molecule has 0 aliphatic carbocycles. The molecule has 0 amide bonds. The Hall–Kier alpha value is -6.61. The zero-order chi connectivity index (χ0) is 35.2. The van der Waals surface area contributed by atoms with Crippen molar-refractivity contribution in [1.29, 1.82) is 0 Å². The van der Waals surface area contributed by atoms with E-state index in [0.717, 1.165) is 55.7 Å². The molecule has 8 heteroatoms. The summed E-state index contributed by atoms with van der Waals surface area (Å²) in [4.78, 5) is 10.5. The second-order valence-corrected chi connectivity index (χ2v) is 14.1. The Morgan fingerprint density at radius 2 is 1.06 bits per heavy atom. The largest absolute Gasteiger partial charge is 0.355 e. The van der Waals surface area contributed by atoms with Crippen LogP contribution in [0, 0.1) is 0 Å². The van der Waals surface area contributed by atoms with Gasteiger partial charge in [-0.25, -0.2) is 0 Å². The average molecular weight is 697 g/mol. The van der Waals surface area contributed by atoms with E-state index in [4.69, 9.17) is 0 Å². The molecule has 9 rings (SSSR count). The van der Waals surface area contributed by atoms with Crippen LogP contribution in [-0.4, -0.2) is 32.5 Å². The van der Waals surface area contributed by atoms with E-state index < -0.39 is 10.1 Å². The van der Waals surface area contributed by atoms with E-state index in [9.17, 15) is 13.0 Å². The predicted octanol–water partition coefficient (Wildman–Crippen LogP) is 6.09. The molecule has 0 unspecified atom stereocenters. The second kappa shape index (κ2) is 12.6. The van der Waals surface area contributed by atoms with E-state index >= 15 is 0 Å². The lowest BCUT2D eigenvalue weighted by atomic mass is 9.94. The van der Waals surface area contributed by atoms with Gasteiger partial charge in [0.2, 0.25) is 0 Å². The molecule has 0 spiro atoms. The Bertz CT molecular complexity index is 2960. The Kier molecular flexibility index (Phi) is 7.61. The molecule has 8 aromatic rings. The maximum absolute atomic E-state index is 13.9. The third-order valence-corrected chi connectivity index (χ3v) is 10.3. The minimum atomic E-state index is -4.83. The SMILES string of the molecule is O=S(=O)(O)c1c(-c2ccccc2)c2n(-c3ccccc3)c1=Cc1ccc([nH]1)C=c1ccc([nH]1)=Cc1cc(-c3ccccc3)c([nH]1)C=2c1ccccc1. The molecule has 4 aromatic heterocycles. The van der Waals surface area contributed by atoms with Crippen LogP contribution in [0.4, 0.5) is 0 Å². The Morgan fingerprint density at radius 3 is 1.67 bits per heavy atom. The van der Waals surface area contributed by atoms with Crippen LogP contribution in [0.15, 0.2) is 157 Å².